The van der Waals surface area contributed by atoms with Crippen LogP contribution >= 0.6 is 0 Å². The van der Waals surface area contributed by atoms with Gasteiger partial charge in [-0.3, -0.25) is 4.79 Å². The lowest BCUT2D eigenvalue weighted by Gasteiger charge is -2.44. The van der Waals surface area contributed by atoms with Gasteiger partial charge in [-0.2, -0.15) is 0 Å². The first-order chi connectivity index (χ1) is 30.1. The maximum Gasteiger partial charge on any atom is 0.236 e. The Morgan fingerprint density at radius 1 is 0.698 bits per heavy atom. The molecule has 0 saturated carbocycles. The summed E-state index contributed by atoms with van der Waals surface area (Å²) in [5.41, 5.74) is 7.27. The number of anilines is 1. The Morgan fingerprint density at radius 3 is 1.83 bits per heavy atom. The van der Waals surface area contributed by atoms with Crippen molar-refractivity contribution in [1.82, 2.24) is 0 Å². The Balaban J connectivity index is 1.52. The molecular weight excluding hydrogens is 779 g/mol. The van der Waals surface area contributed by atoms with Crippen molar-refractivity contribution in [3.05, 3.63) is 190 Å². The molecule has 1 amide bonds. The normalized spacial score (nSPS) is 17.6. The molecule has 6 rings (SSSR count). The number of phenols is 3. The summed E-state index contributed by atoms with van der Waals surface area (Å²) in [6.45, 7) is 15.0. The summed E-state index contributed by atoms with van der Waals surface area (Å²) in [6, 6.07) is 36.8. The standard InChI is InChI=1S/C57H67NO5/c1-8-11-34-55(5,6)57(50-15-13-14-16-51(50)58-54(57)63)38-45-37-48(62)31-32-49(45)53(43-25-29-47(61)30-26-43)42-21-19-40(20-22-42)52(41-23-27-46(60)28-24-41)44(18-17-39(4)59)33-36-56(7,10-3)35-12-9-2/h13-33,36-37,52-53,59-62H,8-12,34-35,38H2,1-7H3,(H,58,63)/b36-33+,39-17+,44-18+. The van der Waals surface area contributed by atoms with Gasteiger partial charge in [0.05, 0.1) is 11.2 Å². The van der Waals surface area contributed by atoms with Crippen LogP contribution in [0.25, 0.3) is 0 Å². The molecule has 4 unspecified atom stereocenters. The molecular formula is C57H67NO5. The van der Waals surface area contributed by atoms with Crippen LogP contribution in [0.5, 0.6) is 17.2 Å². The molecule has 0 saturated heterocycles. The van der Waals surface area contributed by atoms with Crippen molar-refractivity contribution in [3.63, 3.8) is 0 Å². The molecule has 1 heterocycles. The smallest absolute Gasteiger partial charge is 0.236 e. The van der Waals surface area contributed by atoms with Crippen LogP contribution in [0.15, 0.2) is 151 Å². The molecule has 0 spiro atoms. The lowest BCUT2D eigenvalue weighted by Crippen LogP contribution is -2.49. The molecule has 4 atom stereocenters. The minimum atomic E-state index is -0.913. The Bertz CT molecular complexity index is 2420. The number of fused-ring (bicyclic) bond motifs is 1. The van der Waals surface area contributed by atoms with Gasteiger partial charge in [-0.1, -0.05) is 158 Å². The topological polar surface area (TPSA) is 110 Å². The van der Waals surface area contributed by atoms with Crippen molar-refractivity contribution in [2.45, 2.75) is 117 Å². The second-order valence-electron chi connectivity index (χ2n) is 18.6. The molecule has 0 aliphatic carbocycles. The Morgan fingerprint density at radius 2 is 1.24 bits per heavy atom. The van der Waals surface area contributed by atoms with Gasteiger partial charge < -0.3 is 25.7 Å². The summed E-state index contributed by atoms with van der Waals surface area (Å²) in [7, 11) is 0. The summed E-state index contributed by atoms with van der Waals surface area (Å²) in [4.78, 5) is 14.6. The minimum Gasteiger partial charge on any atom is -0.513 e. The zero-order chi connectivity index (χ0) is 45.4. The first-order valence-corrected chi connectivity index (χ1v) is 22.8. The molecule has 63 heavy (non-hydrogen) atoms. The Kier molecular flexibility index (Phi) is 14.8. The van der Waals surface area contributed by atoms with Crippen LogP contribution in [0.4, 0.5) is 5.69 Å². The van der Waals surface area contributed by atoms with Gasteiger partial charge in [-0.15, -0.1) is 0 Å². The third-order valence-electron chi connectivity index (χ3n) is 13.7. The van der Waals surface area contributed by atoms with Crippen molar-refractivity contribution in [2.24, 2.45) is 10.8 Å². The highest BCUT2D eigenvalue weighted by Crippen LogP contribution is 2.54. The summed E-state index contributed by atoms with van der Waals surface area (Å²) in [6.07, 6.45) is 15.8. The van der Waals surface area contributed by atoms with Crippen LogP contribution < -0.4 is 5.32 Å². The average molecular weight is 846 g/mol. The van der Waals surface area contributed by atoms with Crippen LogP contribution in [0.2, 0.25) is 0 Å². The molecule has 6 nitrogen and oxygen atoms in total. The SMILES string of the molecule is CCCCC(C)(/C=C/C(=C\C=C(/C)O)C(c1ccc(O)cc1)c1ccc(C(c2ccc(O)cc2)c2ccc(O)cc2CC2(C(C)(C)CCCC)C(=O)Nc3ccccc32)cc1)CC. The zero-order valence-corrected chi connectivity index (χ0v) is 38.3. The summed E-state index contributed by atoms with van der Waals surface area (Å²) in [5.74, 6) is 0.109. The molecule has 0 bridgehead atoms. The number of hydrogen-bond donors (Lipinski definition) is 5. The van der Waals surface area contributed by atoms with Gasteiger partial charge in [0.2, 0.25) is 5.91 Å². The number of carbonyl (C=O) groups is 1. The maximum atomic E-state index is 14.6. The van der Waals surface area contributed by atoms with Crippen LogP contribution in [-0.4, -0.2) is 26.3 Å². The molecule has 5 N–H and O–H groups in total. The second-order valence-corrected chi connectivity index (χ2v) is 18.6. The summed E-state index contributed by atoms with van der Waals surface area (Å²) >= 11 is 0. The predicted octanol–water partition coefficient (Wildman–Crippen LogP) is 14.3. The number of amides is 1. The maximum absolute atomic E-state index is 14.6. The minimum absolute atomic E-state index is 0.000642. The van der Waals surface area contributed by atoms with Gasteiger partial charge in [0, 0.05) is 17.5 Å². The number of aliphatic hydroxyl groups is 1. The van der Waals surface area contributed by atoms with Crippen molar-refractivity contribution in [2.75, 3.05) is 5.32 Å². The predicted molar refractivity (Wildman–Crippen MR) is 259 cm³/mol. The largest absolute Gasteiger partial charge is 0.513 e. The number of aromatic hydroxyl groups is 3. The first kappa shape index (κ1) is 46.5. The van der Waals surface area contributed by atoms with E-state index >= 15 is 0 Å². The molecule has 0 fully saturated rings. The second kappa shape index (κ2) is 20.0. The first-order valence-electron chi connectivity index (χ1n) is 22.8. The van der Waals surface area contributed by atoms with Crippen LogP contribution in [-0.2, 0) is 16.6 Å². The van der Waals surface area contributed by atoms with Gasteiger partial charge in [-0.25, -0.2) is 0 Å². The number of unbranched alkanes of at least 4 members (excludes halogenated alkanes) is 2. The molecule has 5 aromatic carbocycles. The van der Waals surface area contributed by atoms with Gasteiger partial charge in [0.25, 0.3) is 0 Å². The molecule has 1 aliphatic rings. The van der Waals surface area contributed by atoms with E-state index in [0.29, 0.717) is 6.42 Å². The lowest BCUT2D eigenvalue weighted by atomic mass is 9.57. The van der Waals surface area contributed by atoms with E-state index in [2.05, 4.69) is 89.3 Å². The van der Waals surface area contributed by atoms with Gasteiger partial charge in [0.15, 0.2) is 0 Å². The van der Waals surface area contributed by atoms with Gasteiger partial charge in [0.1, 0.15) is 17.2 Å². The molecule has 330 valence electrons. The van der Waals surface area contributed by atoms with E-state index in [1.165, 1.54) is 0 Å². The number of carbonyl (C=O) groups excluding carboxylic acids is 1. The molecule has 0 aromatic heterocycles. The number of aliphatic hydroxyl groups excluding tert-OH is 1. The fourth-order valence-electron chi connectivity index (χ4n) is 9.61. The number of allylic oxidation sites excluding steroid dienone is 6. The summed E-state index contributed by atoms with van der Waals surface area (Å²) < 4.78 is 0. The highest BCUT2D eigenvalue weighted by Gasteiger charge is 2.56. The molecule has 0 radical (unpaired) electrons. The van der Waals surface area contributed by atoms with Crippen molar-refractivity contribution < 1.29 is 25.2 Å². The fourth-order valence-corrected chi connectivity index (χ4v) is 9.61. The summed E-state index contributed by atoms with van der Waals surface area (Å²) in [5, 5.41) is 45.6. The fraction of sp³-hybridized carbons (Fsp3) is 0.351. The molecule has 5 aromatic rings. The van der Waals surface area contributed by atoms with E-state index in [-0.39, 0.29) is 46.2 Å². The van der Waals surface area contributed by atoms with E-state index in [0.717, 1.165) is 95.2 Å². The third-order valence-corrected chi connectivity index (χ3v) is 13.7. The van der Waals surface area contributed by atoms with Crippen LogP contribution in [0, 0.1) is 10.8 Å². The van der Waals surface area contributed by atoms with Crippen molar-refractivity contribution >= 4 is 11.6 Å². The number of hydrogen-bond acceptors (Lipinski definition) is 5. The number of nitrogens with one attached hydrogen (secondary N) is 1. The monoisotopic (exact) mass is 846 g/mol. The van der Waals surface area contributed by atoms with Gasteiger partial charge in [-0.05, 0) is 136 Å². The Labute approximate surface area is 375 Å². The van der Waals surface area contributed by atoms with Gasteiger partial charge >= 0.3 is 0 Å². The van der Waals surface area contributed by atoms with Crippen molar-refractivity contribution in [3.8, 4) is 17.2 Å². The average Bonchev–Trinajstić information content (AvgIpc) is 3.57. The number of rotatable bonds is 19. The van der Waals surface area contributed by atoms with Crippen LogP contribution in [0.1, 0.15) is 144 Å². The van der Waals surface area contributed by atoms with E-state index in [1.54, 1.807) is 43.3 Å². The lowest BCUT2D eigenvalue weighted by molar-refractivity contribution is -0.125. The molecule has 1 aliphatic heterocycles. The van der Waals surface area contributed by atoms with Crippen molar-refractivity contribution in [1.29, 1.82) is 0 Å². The highest BCUT2D eigenvalue weighted by atomic mass is 16.3. The number of benzene rings is 5. The quantitative estimate of drug-likeness (QED) is 0.0323. The molecule has 6 heteroatoms. The third kappa shape index (κ3) is 10.3. The van der Waals surface area contributed by atoms with E-state index in [1.807, 2.05) is 60.7 Å². The highest BCUT2D eigenvalue weighted by molar-refractivity contribution is 6.07. The van der Waals surface area contributed by atoms with Crippen LogP contribution in [0.3, 0.4) is 0 Å². The zero-order valence-electron chi connectivity index (χ0n) is 38.3. The Hall–Kier alpha value is -6.01. The van der Waals surface area contributed by atoms with E-state index < -0.39 is 10.8 Å². The van der Waals surface area contributed by atoms with E-state index in [9.17, 15) is 25.2 Å². The van der Waals surface area contributed by atoms with E-state index in [4.69, 9.17) is 0 Å². The number of phenolic OH excluding ortho intramolecular Hbond substituents is 3. The number of para-hydroxylation sites is 1.